The van der Waals surface area contributed by atoms with Crippen LogP contribution in [0.2, 0.25) is 0 Å². The Morgan fingerprint density at radius 3 is 1.89 bits per heavy atom. The third-order valence-corrected chi connectivity index (χ3v) is 4.51. The third kappa shape index (κ3) is 4.61. The number of quaternary nitrogens is 1. The quantitative estimate of drug-likeness (QED) is 0.768. The molecule has 0 saturated heterocycles. The molecule has 0 aliphatic carbocycles. The van der Waals surface area contributed by atoms with E-state index in [9.17, 15) is 26.3 Å². The normalized spacial score (nSPS) is 17.3. The average Bonchev–Trinajstić information content (AvgIpc) is 2.55. The number of hydrogen-bond donors (Lipinski definition) is 1. The van der Waals surface area contributed by atoms with E-state index in [4.69, 9.17) is 0 Å². The Bertz CT molecular complexity index is 795. The first-order valence-corrected chi connectivity index (χ1v) is 8.28. The van der Waals surface area contributed by atoms with Crippen LogP contribution < -0.4 is 19.5 Å². The molecule has 1 heterocycles. The van der Waals surface area contributed by atoms with Crippen LogP contribution in [0.25, 0.3) is 0 Å². The molecule has 28 heavy (non-hydrogen) atoms. The zero-order valence-corrected chi connectivity index (χ0v) is 14.9. The largest absolute Gasteiger partial charge is 0.573 e. The van der Waals surface area contributed by atoms with Crippen LogP contribution >= 0.6 is 0 Å². The maximum absolute atomic E-state index is 12.5. The van der Waals surface area contributed by atoms with Gasteiger partial charge in [-0.25, -0.2) is 10.0 Å². The molecule has 3 rings (SSSR count). The van der Waals surface area contributed by atoms with Crippen molar-refractivity contribution in [2.75, 3.05) is 19.1 Å². The topological polar surface area (TPSA) is 26.1 Å². The predicted octanol–water partition coefficient (Wildman–Crippen LogP) is 3.78. The van der Waals surface area contributed by atoms with Crippen molar-refractivity contribution in [1.82, 2.24) is 0 Å². The van der Waals surface area contributed by atoms with Gasteiger partial charge < -0.3 is 9.47 Å². The van der Waals surface area contributed by atoms with Crippen LogP contribution in [-0.4, -0.2) is 26.8 Å². The van der Waals surface area contributed by atoms with Gasteiger partial charge in [0.1, 0.15) is 11.5 Å². The first-order chi connectivity index (χ1) is 12.9. The van der Waals surface area contributed by atoms with E-state index in [-0.39, 0.29) is 11.5 Å². The molecule has 152 valence electrons. The van der Waals surface area contributed by atoms with Crippen LogP contribution in [0.15, 0.2) is 36.4 Å². The molecule has 0 aromatic heterocycles. The molecule has 0 bridgehead atoms. The summed E-state index contributed by atoms with van der Waals surface area (Å²) in [7, 11) is 3.53. The maximum Gasteiger partial charge on any atom is 0.573 e. The third-order valence-electron chi connectivity index (χ3n) is 4.51. The van der Waals surface area contributed by atoms with Gasteiger partial charge in [0.25, 0.3) is 0 Å². The molecule has 2 aromatic carbocycles. The Balaban J connectivity index is 1.95. The number of anilines is 1. The summed E-state index contributed by atoms with van der Waals surface area (Å²) in [5.41, 5.74) is 2.65. The summed E-state index contributed by atoms with van der Waals surface area (Å²) < 4.78 is 82.9. The molecule has 0 amide bonds. The molecule has 1 aliphatic rings. The van der Waals surface area contributed by atoms with E-state index in [0.29, 0.717) is 29.7 Å². The van der Waals surface area contributed by atoms with E-state index < -0.39 is 12.7 Å². The van der Waals surface area contributed by atoms with E-state index >= 15 is 0 Å². The number of halogens is 6. The van der Waals surface area contributed by atoms with Crippen molar-refractivity contribution in [2.45, 2.75) is 25.6 Å². The Morgan fingerprint density at radius 1 is 0.821 bits per heavy atom. The SMILES string of the molecule is CN1c2ccc(OC(F)(F)F)cc2CCc2cc(OC(F)(F)F)ccc2[NH+]1C. The van der Waals surface area contributed by atoms with E-state index in [1.807, 2.05) is 0 Å². The lowest BCUT2D eigenvalue weighted by molar-refractivity contribution is -0.818. The standard InChI is InChI=1S/C18H16F6N2O2/c1-25-15-7-5-13(27-17(19,20)21)9-11(15)3-4-12-10-14(28-18(22,23)24)6-8-16(12)26(25)2/h5-10H,3-4H2,1-2H3/p+1. The first-order valence-electron chi connectivity index (χ1n) is 8.28. The summed E-state index contributed by atoms with van der Waals surface area (Å²) in [4.78, 5) is 0. The lowest BCUT2D eigenvalue weighted by Gasteiger charge is -2.31. The monoisotopic (exact) mass is 407 g/mol. The van der Waals surface area contributed by atoms with Crippen LogP contribution in [-0.2, 0) is 12.8 Å². The zero-order chi connectivity index (χ0) is 20.7. The second-order valence-corrected chi connectivity index (χ2v) is 6.35. The van der Waals surface area contributed by atoms with E-state index in [2.05, 4.69) is 9.47 Å². The number of nitrogens with one attached hydrogen (secondary N) is 1. The summed E-state index contributed by atoms with van der Waals surface area (Å²) in [5.74, 6) is -0.677. The minimum Gasteiger partial charge on any atom is -0.406 e. The fraction of sp³-hybridized carbons (Fsp3) is 0.333. The van der Waals surface area contributed by atoms with Gasteiger partial charge in [0.2, 0.25) is 0 Å². The number of aryl methyl sites for hydroxylation is 2. The van der Waals surface area contributed by atoms with Crippen molar-refractivity contribution in [1.29, 1.82) is 0 Å². The molecule has 0 radical (unpaired) electrons. The van der Waals surface area contributed by atoms with Gasteiger partial charge in [0.15, 0.2) is 5.69 Å². The predicted molar refractivity (Wildman–Crippen MR) is 88.6 cm³/mol. The Hall–Kier alpha value is -2.62. The van der Waals surface area contributed by atoms with Gasteiger partial charge in [0, 0.05) is 11.6 Å². The molecule has 1 unspecified atom stereocenters. The van der Waals surface area contributed by atoms with Gasteiger partial charge in [-0.1, -0.05) is 0 Å². The minimum absolute atomic E-state index is 0.324. The van der Waals surface area contributed by atoms with Crippen molar-refractivity contribution >= 4 is 11.4 Å². The lowest BCUT2D eigenvalue weighted by atomic mass is 9.99. The average molecular weight is 407 g/mol. The summed E-state index contributed by atoms with van der Waals surface area (Å²) in [6, 6.07) is 8.17. The summed E-state index contributed by atoms with van der Waals surface area (Å²) in [5, 5.41) is 2.54. The lowest BCUT2D eigenvalue weighted by Crippen LogP contribution is -3.11. The van der Waals surface area contributed by atoms with Crippen LogP contribution in [0.1, 0.15) is 11.1 Å². The maximum atomic E-state index is 12.5. The number of hydrogen-bond acceptors (Lipinski definition) is 3. The number of ether oxygens (including phenoxy) is 2. The second-order valence-electron chi connectivity index (χ2n) is 6.35. The van der Waals surface area contributed by atoms with Gasteiger partial charge in [-0.15, -0.1) is 26.3 Å². The molecule has 1 aliphatic heterocycles. The van der Waals surface area contributed by atoms with Gasteiger partial charge in [-0.2, -0.15) is 0 Å². The van der Waals surface area contributed by atoms with Crippen molar-refractivity contribution in [3.05, 3.63) is 47.5 Å². The van der Waals surface area contributed by atoms with Crippen LogP contribution in [0.3, 0.4) is 0 Å². The fourth-order valence-corrected chi connectivity index (χ4v) is 3.24. The Kier molecular flexibility index (Phi) is 5.09. The number of nitrogens with zero attached hydrogens (tertiary/aromatic N) is 1. The summed E-state index contributed by atoms with van der Waals surface area (Å²) >= 11 is 0. The van der Waals surface area contributed by atoms with E-state index in [0.717, 1.165) is 10.7 Å². The molecule has 0 fully saturated rings. The van der Waals surface area contributed by atoms with Crippen molar-refractivity contribution in [3.63, 3.8) is 0 Å². The van der Waals surface area contributed by atoms with Gasteiger partial charge in [-0.05, 0) is 48.7 Å². The molecule has 1 N–H and O–H groups in total. The van der Waals surface area contributed by atoms with Gasteiger partial charge in [-0.3, -0.25) is 0 Å². The van der Waals surface area contributed by atoms with Crippen LogP contribution in [0.4, 0.5) is 37.7 Å². The van der Waals surface area contributed by atoms with Crippen molar-refractivity contribution in [3.8, 4) is 11.5 Å². The first kappa shape index (κ1) is 20.1. The Labute approximate surface area is 156 Å². The molecule has 0 spiro atoms. The Morgan fingerprint density at radius 2 is 1.32 bits per heavy atom. The molecule has 4 nitrogen and oxygen atoms in total. The van der Waals surface area contributed by atoms with Crippen molar-refractivity contribution in [2.24, 2.45) is 0 Å². The van der Waals surface area contributed by atoms with Gasteiger partial charge >= 0.3 is 12.7 Å². The highest BCUT2D eigenvalue weighted by atomic mass is 19.4. The van der Waals surface area contributed by atoms with Gasteiger partial charge in [0.05, 0.1) is 19.8 Å². The number of fused-ring (bicyclic) bond motifs is 2. The van der Waals surface area contributed by atoms with Crippen LogP contribution in [0, 0.1) is 0 Å². The van der Waals surface area contributed by atoms with E-state index in [1.165, 1.54) is 30.3 Å². The molecular weight excluding hydrogens is 390 g/mol. The highest BCUT2D eigenvalue weighted by molar-refractivity contribution is 5.57. The molecule has 10 heteroatoms. The fourth-order valence-electron chi connectivity index (χ4n) is 3.24. The number of alkyl halides is 6. The van der Waals surface area contributed by atoms with E-state index in [1.54, 1.807) is 25.2 Å². The number of rotatable bonds is 2. The zero-order valence-electron chi connectivity index (χ0n) is 14.9. The molecular formula is C18H17F6N2O2+. The highest BCUT2D eigenvalue weighted by Gasteiger charge is 2.33. The smallest absolute Gasteiger partial charge is 0.406 e. The molecule has 1 atom stereocenters. The molecule has 0 saturated carbocycles. The molecule has 2 aromatic rings. The van der Waals surface area contributed by atoms with Crippen molar-refractivity contribution < 1.29 is 40.8 Å². The van der Waals surface area contributed by atoms with Crippen LogP contribution in [0.5, 0.6) is 11.5 Å². The summed E-state index contributed by atoms with van der Waals surface area (Å²) in [6.45, 7) is 0. The second kappa shape index (κ2) is 7.08. The highest BCUT2D eigenvalue weighted by Crippen LogP contribution is 2.32. The summed E-state index contributed by atoms with van der Waals surface area (Å²) in [6.07, 6.45) is -8.95. The minimum atomic E-state index is -4.81. The number of benzene rings is 2.